The van der Waals surface area contributed by atoms with Gasteiger partial charge < -0.3 is 10.2 Å². The lowest BCUT2D eigenvalue weighted by Gasteiger charge is -2.18. The summed E-state index contributed by atoms with van der Waals surface area (Å²) in [6, 6.07) is 9.24. The van der Waals surface area contributed by atoms with E-state index >= 15 is 0 Å². The topological polar surface area (TPSA) is 75.5 Å². The van der Waals surface area contributed by atoms with E-state index in [9.17, 15) is 28.1 Å². The van der Waals surface area contributed by atoms with Crippen molar-refractivity contribution >= 4 is 29.0 Å². The van der Waals surface area contributed by atoms with Crippen LogP contribution < -0.4 is 10.2 Å². The molecule has 2 aromatic carbocycles. The minimum atomic E-state index is -4.66. The number of hydrogen-bond donors (Lipinski definition) is 1. The number of alkyl halides is 3. The summed E-state index contributed by atoms with van der Waals surface area (Å²) in [6.45, 7) is 0. The number of nitrogens with one attached hydrogen (secondary N) is 1. The van der Waals surface area contributed by atoms with Crippen LogP contribution in [0.4, 0.5) is 30.2 Å². The molecule has 0 unspecified atom stereocenters. The van der Waals surface area contributed by atoms with Gasteiger partial charge in [0.25, 0.3) is 5.69 Å². The first kappa shape index (κ1) is 20.0. The zero-order valence-corrected chi connectivity index (χ0v) is 14.4. The fourth-order valence-corrected chi connectivity index (χ4v) is 2.29. The second-order valence-electron chi connectivity index (χ2n) is 5.76. The molecule has 0 radical (unpaired) electrons. The first-order chi connectivity index (χ1) is 12.6. The third-order valence-electron chi connectivity index (χ3n) is 3.63. The zero-order chi connectivity index (χ0) is 20.2. The maximum Gasteiger partial charge on any atom is 0.418 e. The van der Waals surface area contributed by atoms with Gasteiger partial charge in [0.2, 0.25) is 5.91 Å². The second-order valence-corrected chi connectivity index (χ2v) is 5.76. The Labute approximate surface area is 153 Å². The molecule has 0 aliphatic heterocycles. The highest BCUT2D eigenvalue weighted by atomic mass is 19.4. The number of amides is 1. The van der Waals surface area contributed by atoms with E-state index in [-0.39, 0.29) is 11.3 Å². The lowest BCUT2D eigenvalue weighted by atomic mass is 10.1. The number of rotatable bonds is 5. The SMILES string of the molecule is CN(C)c1ccc(NC(=O)/C=C/c2ccccc2[N+](=O)[O-])c(C(F)(F)F)c1. The quantitative estimate of drug-likeness (QED) is 0.477. The van der Waals surface area contributed by atoms with Crippen LogP contribution in [0.1, 0.15) is 11.1 Å². The summed E-state index contributed by atoms with van der Waals surface area (Å²) >= 11 is 0. The highest BCUT2D eigenvalue weighted by Crippen LogP contribution is 2.37. The first-order valence-corrected chi connectivity index (χ1v) is 7.70. The van der Waals surface area contributed by atoms with Crippen LogP contribution >= 0.6 is 0 Å². The van der Waals surface area contributed by atoms with Gasteiger partial charge in [-0.25, -0.2) is 0 Å². The van der Waals surface area contributed by atoms with Crippen LogP contribution in [0.15, 0.2) is 48.5 Å². The van der Waals surface area contributed by atoms with Crippen molar-refractivity contribution in [2.45, 2.75) is 6.18 Å². The Morgan fingerprint density at radius 2 is 1.85 bits per heavy atom. The molecule has 0 fully saturated rings. The van der Waals surface area contributed by atoms with E-state index in [4.69, 9.17) is 0 Å². The standard InChI is InChI=1S/C18H16F3N3O3/c1-23(2)13-8-9-15(14(11-13)18(19,20)21)22-17(25)10-7-12-5-3-4-6-16(12)24(26)27/h3-11H,1-2H3,(H,22,25)/b10-7+. The number of halogens is 3. The monoisotopic (exact) mass is 379 g/mol. The molecule has 27 heavy (non-hydrogen) atoms. The fourth-order valence-electron chi connectivity index (χ4n) is 2.29. The molecule has 0 aromatic heterocycles. The molecule has 2 rings (SSSR count). The molecule has 9 heteroatoms. The molecule has 6 nitrogen and oxygen atoms in total. The number of nitrogens with zero attached hydrogens (tertiary/aromatic N) is 2. The number of carbonyl (C=O) groups is 1. The van der Waals surface area contributed by atoms with E-state index in [0.717, 1.165) is 18.2 Å². The summed E-state index contributed by atoms with van der Waals surface area (Å²) in [7, 11) is 3.20. The summed E-state index contributed by atoms with van der Waals surface area (Å²) in [4.78, 5) is 23.9. The van der Waals surface area contributed by atoms with Gasteiger partial charge >= 0.3 is 6.18 Å². The van der Waals surface area contributed by atoms with Crippen LogP contribution in [-0.2, 0) is 11.0 Å². The van der Waals surface area contributed by atoms with Gasteiger partial charge in [0.05, 0.1) is 21.7 Å². The normalized spacial score (nSPS) is 11.4. The van der Waals surface area contributed by atoms with Gasteiger partial charge in [-0.05, 0) is 30.3 Å². The maximum atomic E-state index is 13.3. The smallest absolute Gasteiger partial charge is 0.378 e. The largest absolute Gasteiger partial charge is 0.418 e. The average molecular weight is 379 g/mol. The Morgan fingerprint density at radius 3 is 2.44 bits per heavy atom. The van der Waals surface area contributed by atoms with Gasteiger partial charge in [-0.1, -0.05) is 12.1 Å². The molecule has 2 aromatic rings. The van der Waals surface area contributed by atoms with Crippen LogP contribution in [0.3, 0.4) is 0 Å². The zero-order valence-electron chi connectivity index (χ0n) is 14.4. The van der Waals surface area contributed by atoms with Crippen molar-refractivity contribution in [1.29, 1.82) is 0 Å². The predicted octanol–water partition coefficient (Wildman–Crippen LogP) is 4.33. The van der Waals surface area contributed by atoms with Crippen molar-refractivity contribution in [3.05, 3.63) is 69.8 Å². The molecule has 142 valence electrons. The molecule has 0 bridgehead atoms. The van der Waals surface area contributed by atoms with Gasteiger partial charge in [0, 0.05) is 31.9 Å². The Bertz CT molecular complexity index is 893. The van der Waals surface area contributed by atoms with Gasteiger partial charge in [0.15, 0.2) is 0 Å². The summed E-state index contributed by atoms with van der Waals surface area (Å²) in [5, 5.41) is 13.1. The molecule has 1 N–H and O–H groups in total. The van der Waals surface area contributed by atoms with Gasteiger partial charge in [-0.15, -0.1) is 0 Å². The number of para-hydroxylation sites is 1. The molecule has 0 saturated carbocycles. The highest BCUT2D eigenvalue weighted by Gasteiger charge is 2.34. The Kier molecular flexibility index (Phi) is 5.84. The Morgan fingerprint density at radius 1 is 1.19 bits per heavy atom. The van der Waals surface area contributed by atoms with Crippen LogP contribution in [0.25, 0.3) is 6.08 Å². The van der Waals surface area contributed by atoms with E-state index in [1.165, 1.54) is 35.2 Å². The average Bonchev–Trinajstić information content (AvgIpc) is 2.59. The Balaban J connectivity index is 2.27. The number of nitro groups is 1. The van der Waals surface area contributed by atoms with Crippen LogP contribution in [0.2, 0.25) is 0 Å². The molecule has 0 heterocycles. The predicted molar refractivity (Wildman–Crippen MR) is 96.5 cm³/mol. The minimum Gasteiger partial charge on any atom is -0.378 e. The highest BCUT2D eigenvalue weighted by molar-refractivity contribution is 6.02. The maximum absolute atomic E-state index is 13.3. The van der Waals surface area contributed by atoms with Crippen molar-refractivity contribution in [2.75, 3.05) is 24.3 Å². The summed E-state index contributed by atoms with van der Waals surface area (Å²) in [5.74, 6) is -0.837. The minimum absolute atomic E-state index is 0.164. The molecule has 0 atom stereocenters. The number of nitro benzene ring substituents is 1. The van der Waals surface area contributed by atoms with Gasteiger partial charge in [-0.2, -0.15) is 13.2 Å². The van der Waals surface area contributed by atoms with E-state index < -0.39 is 28.3 Å². The second kappa shape index (κ2) is 7.90. The fraction of sp³-hybridized carbons (Fsp3) is 0.167. The molecule has 0 aliphatic carbocycles. The summed E-state index contributed by atoms with van der Waals surface area (Å²) in [6.07, 6.45) is -2.53. The lowest BCUT2D eigenvalue weighted by Crippen LogP contribution is -2.16. The van der Waals surface area contributed by atoms with E-state index in [1.54, 1.807) is 20.2 Å². The van der Waals surface area contributed by atoms with Gasteiger partial charge in [0.1, 0.15) is 0 Å². The van der Waals surface area contributed by atoms with E-state index in [1.807, 2.05) is 0 Å². The lowest BCUT2D eigenvalue weighted by molar-refractivity contribution is -0.385. The molecule has 0 aliphatic rings. The number of hydrogen-bond acceptors (Lipinski definition) is 4. The van der Waals surface area contributed by atoms with Crippen molar-refractivity contribution in [1.82, 2.24) is 0 Å². The molecular formula is C18H16F3N3O3. The van der Waals surface area contributed by atoms with Crippen molar-refractivity contribution in [3.8, 4) is 0 Å². The van der Waals surface area contributed by atoms with Crippen molar-refractivity contribution < 1.29 is 22.9 Å². The summed E-state index contributed by atoms with van der Waals surface area (Å²) < 4.78 is 39.8. The number of carbonyl (C=O) groups excluding carboxylic acids is 1. The van der Waals surface area contributed by atoms with Crippen molar-refractivity contribution in [2.24, 2.45) is 0 Å². The van der Waals surface area contributed by atoms with Crippen LogP contribution in [-0.4, -0.2) is 24.9 Å². The third-order valence-corrected chi connectivity index (χ3v) is 3.63. The van der Waals surface area contributed by atoms with Crippen LogP contribution in [0, 0.1) is 10.1 Å². The van der Waals surface area contributed by atoms with Gasteiger partial charge in [-0.3, -0.25) is 14.9 Å². The van der Waals surface area contributed by atoms with Crippen molar-refractivity contribution in [3.63, 3.8) is 0 Å². The first-order valence-electron chi connectivity index (χ1n) is 7.70. The Hall–Kier alpha value is -3.36. The third kappa shape index (κ3) is 5.06. The van der Waals surface area contributed by atoms with Crippen LogP contribution in [0.5, 0.6) is 0 Å². The number of benzene rings is 2. The molecule has 0 spiro atoms. The molecule has 0 saturated heterocycles. The molecule has 1 amide bonds. The van der Waals surface area contributed by atoms with E-state index in [2.05, 4.69) is 5.32 Å². The van der Waals surface area contributed by atoms with E-state index in [0.29, 0.717) is 5.69 Å². The molecular weight excluding hydrogens is 363 g/mol. The number of anilines is 2. The summed E-state index contributed by atoms with van der Waals surface area (Å²) in [5.41, 5.74) is -1.10.